The molecule has 6 heteroatoms. The minimum atomic E-state index is 0.0274. The molecule has 1 N–H and O–H groups in total. The van der Waals surface area contributed by atoms with Gasteiger partial charge in [0.15, 0.2) is 0 Å². The first kappa shape index (κ1) is 13.8. The van der Waals surface area contributed by atoms with Crippen molar-refractivity contribution < 1.29 is 4.79 Å². The second-order valence-corrected chi connectivity index (χ2v) is 5.58. The summed E-state index contributed by atoms with van der Waals surface area (Å²) in [5, 5.41) is 4.25. The van der Waals surface area contributed by atoms with Crippen LogP contribution >= 0.6 is 34.8 Å². The molecular formula is C12H13Cl3N2O. The van der Waals surface area contributed by atoms with E-state index in [-0.39, 0.29) is 12.5 Å². The maximum atomic E-state index is 11.8. The number of benzene rings is 1. The molecule has 98 valence electrons. The van der Waals surface area contributed by atoms with Gasteiger partial charge in [0.1, 0.15) is 0 Å². The molecule has 3 nitrogen and oxygen atoms in total. The van der Waals surface area contributed by atoms with E-state index in [1.165, 1.54) is 0 Å². The molecule has 1 aromatic rings. The summed E-state index contributed by atoms with van der Waals surface area (Å²) in [7, 11) is 1.81. The summed E-state index contributed by atoms with van der Waals surface area (Å²) in [6.45, 7) is 0.175. The van der Waals surface area contributed by atoms with Crippen molar-refractivity contribution in [1.29, 1.82) is 0 Å². The van der Waals surface area contributed by atoms with Gasteiger partial charge in [-0.2, -0.15) is 0 Å². The van der Waals surface area contributed by atoms with Crippen molar-refractivity contribution in [1.82, 2.24) is 4.90 Å². The number of likely N-dealkylation sites (N-methyl/N-ethyl adjacent to an activating group) is 1. The predicted octanol–water partition coefficient (Wildman–Crippen LogP) is 3.68. The fourth-order valence-corrected chi connectivity index (χ4v) is 2.62. The fraction of sp³-hybridized carbons (Fsp3) is 0.417. The third-order valence-electron chi connectivity index (χ3n) is 2.91. The lowest BCUT2D eigenvalue weighted by Crippen LogP contribution is -2.33. The molecule has 0 spiro atoms. The average molecular weight is 308 g/mol. The standard InChI is InChI=1S/C12H13Cl3N2O/c1-17(8-2-3-8)11(18)6-16-12-9(14)4-7(13)5-10(12)15/h4-5,8,16H,2-3,6H2,1H3. The lowest BCUT2D eigenvalue weighted by atomic mass is 10.3. The monoisotopic (exact) mass is 306 g/mol. The molecule has 2 rings (SSSR count). The Bertz CT molecular complexity index is 451. The van der Waals surface area contributed by atoms with Crippen molar-refractivity contribution in [2.24, 2.45) is 0 Å². The Hall–Kier alpha value is -0.640. The van der Waals surface area contributed by atoms with E-state index >= 15 is 0 Å². The molecule has 1 amide bonds. The Morgan fingerprint density at radius 1 is 1.33 bits per heavy atom. The fourth-order valence-electron chi connectivity index (χ4n) is 1.67. The van der Waals surface area contributed by atoms with E-state index in [0.717, 1.165) is 12.8 Å². The summed E-state index contributed by atoms with van der Waals surface area (Å²) in [6, 6.07) is 3.58. The van der Waals surface area contributed by atoms with Gasteiger partial charge in [0.05, 0.1) is 22.3 Å². The molecule has 0 bridgehead atoms. The summed E-state index contributed by atoms with van der Waals surface area (Å²) in [5.74, 6) is 0.0274. The first-order chi connectivity index (χ1) is 8.49. The van der Waals surface area contributed by atoms with Gasteiger partial charge in [-0.05, 0) is 25.0 Å². The van der Waals surface area contributed by atoms with Crippen LogP contribution in [0.3, 0.4) is 0 Å². The Balaban J connectivity index is 1.99. The lowest BCUT2D eigenvalue weighted by molar-refractivity contribution is -0.128. The number of amides is 1. The highest BCUT2D eigenvalue weighted by Crippen LogP contribution is 2.33. The number of hydrogen-bond acceptors (Lipinski definition) is 2. The second kappa shape index (κ2) is 5.55. The van der Waals surface area contributed by atoms with Crippen LogP contribution in [0.1, 0.15) is 12.8 Å². The number of anilines is 1. The maximum absolute atomic E-state index is 11.8. The minimum Gasteiger partial charge on any atom is -0.374 e. The SMILES string of the molecule is CN(C(=O)CNc1c(Cl)cc(Cl)cc1Cl)C1CC1. The van der Waals surface area contributed by atoms with Gasteiger partial charge in [0, 0.05) is 18.1 Å². The van der Waals surface area contributed by atoms with Crippen molar-refractivity contribution in [3.8, 4) is 0 Å². The Labute approximate surface area is 121 Å². The molecule has 18 heavy (non-hydrogen) atoms. The molecule has 0 aliphatic heterocycles. The van der Waals surface area contributed by atoms with Gasteiger partial charge in [-0.25, -0.2) is 0 Å². The maximum Gasteiger partial charge on any atom is 0.241 e. The van der Waals surface area contributed by atoms with E-state index in [1.54, 1.807) is 17.0 Å². The van der Waals surface area contributed by atoms with Crippen LogP contribution in [0, 0.1) is 0 Å². The van der Waals surface area contributed by atoms with Crippen LogP contribution in [0.25, 0.3) is 0 Å². The summed E-state index contributed by atoms with van der Waals surface area (Å²) >= 11 is 17.8. The van der Waals surface area contributed by atoms with E-state index in [4.69, 9.17) is 34.8 Å². The van der Waals surface area contributed by atoms with Crippen molar-refractivity contribution in [3.63, 3.8) is 0 Å². The molecule has 1 aliphatic rings. The molecule has 0 radical (unpaired) electrons. The number of rotatable bonds is 4. The van der Waals surface area contributed by atoms with Crippen molar-refractivity contribution >= 4 is 46.4 Å². The zero-order chi connectivity index (χ0) is 13.3. The quantitative estimate of drug-likeness (QED) is 0.920. The molecule has 1 aliphatic carbocycles. The molecule has 1 saturated carbocycles. The summed E-state index contributed by atoms with van der Waals surface area (Å²) in [6.07, 6.45) is 2.18. The summed E-state index contributed by atoms with van der Waals surface area (Å²) < 4.78 is 0. The van der Waals surface area contributed by atoms with Crippen LogP contribution < -0.4 is 5.32 Å². The Morgan fingerprint density at radius 2 is 1.89 bits per heavy atom. The molecule has 1 aromatic carbocycles. The third-order valence-corrected chi connectivity index (χ3v) is 3.73. The largest absolute Gasteiger partial charge is 0.374 e. The number of halogens is 3. The number of carbonyl (C=O) groups excluding carboxylic acids is 1. The van der Waals surface area contributed by atoms with E-state index in [0.29, 0.717) is 26.8 Å². The van der Waals surface area contributed by atoms with Crippen LogP contribution in [-0.2, 0) is 4.79 Å². The van der Waals surface area contributed by atoms with E-state index in [9.17, 15) is 4.79 Å². The number of carbonyl (C=O) groups is 1. The van der Waals surface area contributed by atoms with Crippen LogP contribution in [0.15, 0.2) is 12.1 Å². The van der Waals surface area contributed by atoms with Gasteiger partial charge in [-0.3, -0.25) is 4.79 Å². The Morgan fingerprint density at radius 3 is 2.39 bits per heavy atom. The van der Waals surface area contributed by atoms with E-state index in [2.05, 4.69) is 5.32 Å². The average Bonchev–Trinajstić information content (AvgIpc) is 3.09. The van der Waals surface area contributed by atoms with Gasteiger partial charge in [-0.15, -0.1) is 0 Å². The van der Waals surface area contributed by atoms with Crippen LogP contribution in [0.4, 0.5) is 5.69 Å². The van der Waals surface area contributed by atoms with Gasteiger partial charge in [0.2, 0.25) is 5.91 Å². The molecule has 0 saturated heterocycles. The van der Waals surface area contributed by atoms with E-state index in [1.807, 2.05) is 7.05 Å². The second-order valence-electron chi connectivity index (χ2n) is 4.33. The normalized spacial score (nSPS) is 14.4. The molecular weight excluding hydrogens is 295 g/mol. The molecule has 0 heterocycles. The van der Waals surface area contributed by atoms with Crippen LogP contribution in [0.5, 0.6) is 0 Å². The molecule has 0 aromatic heterocycles. The molecule has 0 atom stereocenters. The zero-order valence-corrected chi connectivity index (χ0v) is 12.1. The molecule has 0 unspecified atom stereocenters. The highest BCUT2D eigenvalue weighted by Gasteiger charge is 2.29. The number of hydrogen-bond donors (Lipinski definition) is 1. The first-order valence-electron chi connectivity index (χ1n) is 5.63. The van der Waals surface area contributed by atoms with Gasteiger partial charge < -0.3 is 10.2 Å². The van der Waals surface area contributed by atoms with E-state index < -0.39 is 0 Å². The molecule has 1 fully saturated rings. The topological polar surface area (TPSA) is 32.3 Å². The minimum absolute atomic E-state index is 0.0274. The van der Waals surface area contributed by atoms with Gasteiger partial charge in [-0.1, -0.05) is 34.8 Å². The number of nitrogens with zero attached hydrogens (tertiary/aromatic N) is 1. The number of nitrogens with one attached hydrogen (secondary N) is 1. The summed E-state index contributed by atoms with van der Waals surface area (Å²) in [5.41, 5.74) is 0.542. The van der Waals surface area contributed by atoms with Gasteiger partial charge in [0.25, 0.3) is 0 Å². The van der Waals surface area contributed by atoms with Crippen molar-refractivity contribution in [2.75, 3.05) is 18.9 Å². The highest BCUT2D eigenvalue weighted by atomic mass is 35.5. The van der Waals surface area contributed by atoms with Gasteiger partial charge >= 0.3 is 0 Å². The summed E-state index contributed by atoms with van der Waals surface area (Å²) in [4.78, 5) is 13.6. The first-order valence-corrected chi connectivity index (χ1v) is 6.76. The van der Waals surface area contributed by atoms with Crippen LogP contribution in [0.2, 0.25) is 15.1 Å². The van der Waals surface area contributed by atoms with Crippen molar-refractivity contribution in [2.45, 2.75) is 18.9 Å². The Kier molecular flexibility index (Phi) is 4.25. The lowest BCUT2D eigenvalue weighted by Gasteiger charge is -2.17. The zero-order valence-electron chi connectivity index (χ0n) is 9.84. The predicted molar refractivity (Wildman–Crippen MR) is 75.8 cm³/mol. The van der Waals surface area contributed by atoms with Crippen LogP contribution in [-0.4, -0.2) is 30.4 Å². The third kappa shape index (κ3) is 3.22. The highest BCUT2D eigenvalue weighted by molar-refractivity contribution is 6.41. The van der Waals surface area contributed by atoms with Crippen molar-refractivity contribution in [3.05, 3.63) is 27.2 Å². The smallest absolute Gasteiger partial charge is 0.241 e.